The first-order valence-electron chi connectivity index (χ1n) is 3.10. The van der Waals surface area contributed by atoms with Crippen LogP contribution in [0.4, 0.5) is 5.95 Å². The second-order valence-electron chi connectivity index (χ2n) is 2.14. The van der Waals surface area contributed by atoms with E-state index < -0.39 is 0 Å². The van der Waals surface area contributed by atoms with Crippen LogP contribution in [0.15, 0.2) is 11.2 Å². The lowest BCUT2D eigenvalue weighted by molar-refractivity contribution is 1.03. The highest BCUT2D eigenvalue weighted by molar-refractivity contribution is 5.20. The number of aryl methyl sites for hydroxylation is 2. The first-order chi connectivity index (χ1) is 5.22. The molecule has 1 aromatic heterocycles. The number of hydrogen-bond acceptors (Lipinski definition) is 3. The standard InChI is InChI=1S/C6H7N5/c1-4-3-5(2)9-6(8-4)10-11-7/h3H,1-2H3. The third kappa shape index (κ3) is 1.91. The van der Waals surface area contributed by atoms with Crippen molar-refractivity contribution in [2.45, 2.75) is 13.8 Å². The minimum atomic E-state index is 0.185. The van der Waals surface area contributed by atoms with E-state index in [-0.39, 0.29) is 5.95 Å². The van der Waals surface area contributed by atoms with Crippen LogP contribution in [0, 0.1) is 13.8 Å². The Kier molecular flexibility index (Phi) is 2.03. The normalized spacial score (nSPS) is 8.91. The van der Waals surface area contributed by atoms with Crippen molar-refractivity contribution < 1.29 is 0 Å². The summed E-state index contributed by atoms with van der Waals surface area (Å²) in [6, 6.07) is 1.82. The van der Waals surface area contributed by atoms with Gasteiger partial charge in [-0.1, -0.05) is 0 Å². The van der Waals surface area contributed by atoms with Crippen molar-refractivity contribution in [2.24, 2.45) is 5.11 Å². The smallest absolute Gasteiger partial charge is 0.216 e. The highest BCUT2D eigenvalue weighted by atomic mass is 15.2. The van der Waals surface area contributed by atoms with E-state index in [1.54, 1.807) is 0 Å². The van der Waals surface area contributed by atoms with E-state index in [1.807, 2.05) is 19.9 Å². The summed E-state index contributed by atoms with van der Waals surface area (Å²) < 4.78 is 0. The maximum absolute atomic E-state index is 8.08. The van der Waals surface area contributed by atoms with Crippen molar-refractivity contribution in [2.75, 3.05) is 0 Å². The van der Waals surface area contributed by atoms with Gasteiger partial charge >= 0.3 is 0 Å². The summed E-state index contributed by atoms with van der Waals surface area (Å²) in [5, 5.41) is 3.29. The Bertz CT molecular complexity index is 292. The number of nitrogens with zero attached hydrogens (tertiary/aromatic N) is 5. The van der Waals surface area contributed by atoms with Gasteiger partial charge in [0.05, 0.1) is 0 Å². The van der Waals surface area contributed by atoms with Gasteiger partial charge in [-0.3, -0.25) is 0 Å². The number of azide groups is 1. The molecule has 0 saturated carbocycles. The molecule has 1 heterocycles. The Morgan fingerprint density at radius 1 is 1.36 bits per heavy atom. The van der Waals surface area contributed by atoms with Crippen LogP contribution < -0.4 is 0 Å². The minimum absolute atomic E-state index is 0.185. The van der Waals surface area contributed by atoms with Gasteiger partial charge in [0.15, 0.2) is 0 Å². The fourth-order valence-electron chi connectivity index (χ4n) is 0.792. The summed E-state index contributed by atoms with van der Waals surface area (Å²) in [6.45, 7) is 3.65. The topological polar surface area (TPSA) is 74.5 Å². The second-order valence-corrected chi connectivity index (χ2v) is 2.14. The molecule has 0 fully saturated rings. The Labute approximate surface area is 63.7 Å². The van der Waals surface area contributed by atoms with E-state index in [9.17, 15) is 0 Å². The Balaban J connectivity index is 3.18. The maximum Gasteiger partial charge on any atom is 0.216 e. The SMILES string of the molecule is Cc1cc(C)nc(N=[N+]=[N-])n1. The molecule has 0 amide bonds. The van der Waals surface area contributed by atoms with Crippen molar-refractivity contribution in [1.29, 1.82) is 0 Å². The molecule has 0 aliphatic rings. The third-order valence-corrected chi connectivity index (χ3v) is 1.10. The van der Waals surface area contributed by atoms with Crippen LogP contribution in [-0.2, 0) is 0 Å². The van der Waals surface area contributed by atoms with Gasteiger partial charge in [-0.15, -0.1) is 0 Å². The van der Waals surface area contributed by atoms with Crippen molar-refractivity contribution in [3.63, 3.8) is 0 Å². The molecule has 0 spiro atoms. The average molecular weight is 149 g/mol. The van der Waals surface area contributed by atoms with Gasteiger partial charge < -0.3 is 0 Å². The first kappa shape index (κ1) is 7.50. The van der Waals surface area contributed by atoms with Crippen molar-refractivity contribution in [3.05, 3.63) is 27.9 Å². The zero-order valence-electron chi connectivity index (χ0n) is 6.31. The monoisotopic (exact) mass is 149 g/mol. The first-order valence-corrected chi connectivity index (χ1v) is 3.10. The van der Waals surface area contributed by atoms with Crippen molar-refractivity contribution >= 4 is 5.95 Å². The van der Waals surface area contributed by atoms with E-state index >= 15 is 0 Å². The number of rotatable bonds is 1. The van der Waals surface area contributed by atoms with Crippen molar-refractivity contribution in [1.82, 2.24) is 9.97 Å². The van der Waals surface area contributed by atoms with Crippen molar-refractivity contribution in [3.8, 4) is 0 Å². The summed E-state index contributed by atoms with van der Waals surface area (Å²) in [5.74, 6) is 0.185. The fourth-order valence-corrected chi connectivity index (χ4v) is 0.792. The van der Waals surface area contributed by atoms with Crippen LogP contribution in [0.2, 0.25) is 0 Å². The Hall–Kier alpha value is -1.61. The number of hydrogen-bond donors (Lipinski definition) is 0. The van der Waals surface area contributed by atoms with Crippen LogP contribution in [0.25, 0.3) is 10.4 Å². The van der Waals surface area contributed by atoms with E-state index in [0.29, 0.717) is 0 Å². The van der Waals surface area contributed by atoms with E-state index in [2.05, 4.69) is 20.0 Å². The van der Waals surface area contributed by atoms with Gasteiger partial charge in [-0.05, 0) is 30.6 Å². The molecule has 0 atom stereocenters. The molecule has 0 aliphatic carbocycles. The van der Waals surface area contributed by atoms with Crippen LogP contribution in [-0.4, -0.2) is 9.97 Å². The van der Waals surface area contributed by atoms with Gasteiger partial charge in [-0.25, -0.2) is 9.97 Å². The van der Waals surface area contributed by atoms with Crippen LogP contribution >= 0.6 is 0 Å². The zero-order valence-corrected chi connectivity index (χ0v) is 6.31. The Morgan fingerprint density at radius 2 is 1.91 bits per heavy atom. The molecule has 11 heavy (non-hydrogen) atoms. The lowest BCUT2D eigenvalue weighted by Crippen LogP contribution is -1.87. The average Bonchev–Trinajstić information content (AvgIpc) is 1.85. The highest BCUT2D eigenvalue weighted by Gasteiger charge is 1.94. The van der Waals surface area contributed by atoms with Crippen LogP contribution in [0.1, 0.15) is 11.4 Å². The summed E-state index contributed by atoms with van der Waals surface area (Å²) in [4.78, 5) is 10.4. The van der Waals surface area contributed by atoms with Gasteiger partial charge in [0.1, 0.15) is 0 Å². The van der Waals surface area contributed by atoms with E-state index in [1.165, 1.54) is 0 Å². The lowest BCUT2D eigenvalue weighted by atomic mass is 10.4. The van der Waals surface area contributed by atoms with Gasteiger partial charge in [0.2, 0.25) is 5.95 Å². The van der Waals surface area contributed by atoms with Crippen LogP contribution in [0.3, 0.4) is 0 Å². The van der Waals surface area contributed by atoms with Crippen LogP contribution in [0.5, 0.6) is 0 Å². The summed E-state index contributed by atoms with van der Waals surface area (Å²) >= 11 is 0. The third-order valence-electron chi connectivity index (χ3n) is 1.10. The molecule has 0 aliphatic heterocycles. The number of aromatic nitrogens is 2. The van der Waals surface area contributed by atoms with E-state index in [0.717, 1.165) is 11.4 Å². The molecule has 0 aromatic carbocycles. The van der Waals surface area contributed by atoms with Gasteiger partial charge in [0.25, 0.3) is 0 Å². The molecule has 1 aromatic rings. The molecule has 56 valence electrons. The quantitative estimate of drug-likeness (QED) is 0.348. The lowest BCUT2D eigenvalue weighted by Gasteiger charge is -1.95. The molecule has 5 heteroatoms. The molecule has 5 nitrogen and oxygen atoms in total. The zero-order chi connectivity index (χ0) is 8.27. The Morgan fingerprint density at radius 3 is 2.36 bits per heavy atom. The fraction of sp³-hybridized carbons (Fsp3) is 0.333. The predicted molar refractivity (Wildman–Crippen MR) is 40.3 cm³/mol. The molecule has 1 rings (SSSR count). The van der Waals surface area contributed by atoms with Gasteiger partial charge in [-0.2, -0.15) is 0 Å². The second kappa shape index (κ2) is 2.98. The summed E-state index contributed by atoms with van der Waals surface area (Å²) in [6.07, 6.45) is 0. The maximum atomic E-state index is 8.08. The molecule has 0 saturated heterocycles. The molecule has 0 unspecified atom stereocenters. The summed E-state index contributed by atoms with van der Waals surface area (Å²) in [5.41, 5.74) is 9.69. The highest BCUT2D eigenvalue weighted by Crippen LogP contribution is 2.06. The molecular weight excluding hydrogens is 142 g/mol. The molecule has 0 N–H and O–H groups in total. The summed E-state index contributed by atoms with van der Waals surface area (Å²) in [7, 11) is 0. The van der Waals surface area contributed by atoms with Gasteiger partial charge in [0, 0.05) is 16.3 Å². The van der Waals surface area contributed by atoms with E-state index in [4.69, 9.17) is 5.53 Å². The minimum Gasteiger partial charge on any atom is -0.232 e. The predicted octanol–water partition coefficient (Wildman–Crippen LogP) is 2.04. The largest absolute Gasteiger partial charge is 0.232 e. The molecule has 0 bridgehead atoms. The molecular formula is C6H7N5. The molecule has 0 radical (unpaired) electrons.